The Morgan fingerprint density at radius 2 is 1.78 bits per heavy atom. The minimum atomic E-state index is -4.43. The highest BCUT2D eigenvalue weighted by molar-refractivity contribution is 6.17. The molecule has 1 aliphatic heterocycles. The van der Waals surface area contributed by atoms with Gasteiger partial charge in [0.15, 0.2) is 0 Å². The van der Waals surface area contributed by atoms with Gasteiger partial charge in [-0.3, -0.25) is 4.99 Å². The number of rotatable bonds is 1. The number of halogens is 3. The smallest absolute Gasteiger partial charge is 0.310 e. The lowest BCUT2D eigenvalue weighted by Crippen LogP contribution is -2.32. The molecule has 0 saturated heterocycles. The average Bonchev–Trinajstić information content (AvgIpc) is 2.73. The number of hydrogen-bond donors (Lipinski definition) is 2. The third-order valence-corrected chi connectivity index (χ3v) is 3.44. The second kappa shape index (κ2) is 5.85. The summed E-state index contributed by atoms with van der Waals surface area (Å²) < 4.78 is 39.1. The zero-order valence-corrected chi connectivity index (χ0v) is 11.9. The van der Waals surface area contributed by atoms with E-state index >= 15 is 0 Å². The number of nitrogens with zero attached hydrogens (tertiary/aromatic N) is 2. The maximum Gasteiger partial charge on any atom is 0.416 e. The summed E-state index contributed by atoms with van der Waals surface area (Å²) in [5.41, 5.74) is 3.59. The van der Waals surface area contributed by atoms with E-state index in [4.69, 9.17) is 5.84 Å². The molecule has 1 aliphatic rings. The van der Waals surface area contributed by atoms with E-state index in [0.29, 0.717) is 22.8 Å². The second-order valence-electron chi connectivity index (χ2n) is 4.96. The fraction of sp³-hybridized carbons (Fsp3) is 0.125. The third-order valence-electron chi connectivity index (χ3n) is 3.44. The molecule has 0 radical (unpaired) electrons. The van der Waals surface area contributed by atoms with Crippen molar-refractivity contribution in [2.75, 3.05) is 6.54 Å². The lowest BCUT2D eigenvalue weighted by Gasteiger charge is -2.12. The predicted octanol–water partition coefficient (Wildman–Crippen LogP) is 3.05. The van der Waals surface area contributed by atoms with Gasteiger partial charge >= 0.3 is 6.18 Å². The van der Waals surface area contributed by atoms with Crippen LogP contribution in [-0.4, -0.2) is 18.1 Å². The summed E-state index contributed by atoms with van der Waals surface area (Å²) in [6, 6.07) is 12.4. The van der Waals surface area contributed by atoms with E-state index < -0.39 is 11.7 Å². The molecule has 0 amide bonds. The van der Waals surface area contributed by atoms with Crippen molar-refractivity contribution >= 4 is 17.2 Å². The minimum absolute atomic E-state index is 0.163. The number of nitrogens with two attached hydrogens (primary N) is 1. The number of alkyl halides is 3. The van der Waals surface area contributed by atoms with E-state index in [9.17, 15) is 13.2 Å². The van der Waals surface area contributed by atoms with Crippen LogP contribution < -0.4 is 11.3 Å². The standard InChI is InChI=1S/C16H13F3N4/c17-16(18,19)11-6-7-13-12(8-11)15(10-4-2-1-3-5-10)21-9-14(22-13)23-20/h1-8H,9,20H2,(H,22,23). The van der Waals surface area contributed by atoms with Crippen molar-refractivity contribution < 1.29 is 13.2 Å². The molecule has 0 unspecified atom stereocenters. The van der Waals surface area contributed by atoms with Crippen LogP contribution in [0.25, 0.3) is 0 Å². The summed E-state index contributed by atoms with van der Waals surface area (Å²) in [5, 5.41) is 0. The Kier molecular flexibility index (Phi) is 3.87. The second-order valence-corrected chi connectivity index (χ2v) is 4.96. The highest BCUT2D eigenvalue weighted by atomic mass is 19.4. The Labute approximate surface area is 130 Å². The van der Waals surface area contributed by atoms with Crippen molar-refractivity contribution in [2.45, 2.75) is 6.18 Å². The Balaban J connectivity index is 2.20. The van der Waals surface area contributed by atoms with Gasteiger partial charge in [-0.15, -0.1) is 0 Å². The Bertz CT molecular complexity index is 780. The van der Waals surface area contributed by atoms with Crippen LogP contribution in [0, 0.1) is 0 Å². The molecule has 0 aliphatic carbocycles. The first-order chi connectivity index (χ1) is 11.0. The Hall–Kier alpha value is -2.67. The maximum absolute atomic E-state index is 13.0. The lowest BCUT2D eigenvalue weighted by atomic mass is 9.98. The van der Waals surface area contributed by atoms with Crippen molar-refractivity contribution in [1.29, 1.82) is 0 Å². The molecule has 3 rings (SSSR count). The van der Waals surface area contributed by atoms with Gasteiger partial charge in [0.05, 0.1) is 23.5 Å². The molecule has 2 aromatic carbocycles. The molecular formula is C16H13F3N4. The number of aliphatic imine (C=N–C) groups is 2. The number of amidine groups is 1. The number of hydrazine groups is 1. The highest BCUT2D eigenvalue weighted by Crippen LogP contribution is 2.34. The molecule has 3 N–H and O–H groups in total. The molecule has 7 heteroatoms. The van der Waals surface area contributed by atoms with Gasteiger partial charge < -0.3 is 5.43 Å². The topological polar surface area (TPSA) is 62.8 Å². The summed E-state index contributed by atoms with van der Waals surface area (Å²) in [6.07, 6.45) is -4.43. The van der Waals surface area contributed by atoms with E-state index in [-0.39, 0.29) is 6.54 Å². The molecule has 4 nitrogen and oxygen atoms in total. The summed E-state index contributed by atoms with van der Waals surface area (Å²) in [4.78, 5) is 8.64. The molecular weight excluding hydrogens is 305 g/mol. The van der Waals surface area contributed by atoms with E-state index in [0.717, 1.165) is 17.7 Å². The van der Waals surface area contributed by atoms with Crippen LogP contribution in [0.2, 0.25) is 0 Å². The van der Waals surface area contributed by atoms with E-state index in [2.05, 4.69) is 15.4 Å². The van der Waals surface area contributed by atoms with Gasteiger partial charge in [-0.05, 0) is 18.2 Å². The Morgan fingerprint density at radius 1 is 1.04 bits per heavy atom. The third kappa shape index (κ3) is 3.09. The van der Waals surface area contributed by atoms with Gasteiger partial charge in [0.2, 0.25) is 0 Å². The van der Waals surface area contributed by atoms with Crippen LogP contribution in [0.4, 0.5) is 18.9 Å². The minimum Gasteiger partial charge on any atom is -0.310 e. The monoisotopic (exact) mass is 318 g/mol. The van der Waals surface area contributed by atoms with Crippen molar-refractivity contribution in [1.82, 2.24) is 5.43 Å². The summed E-state index contributed by atoms with van der Waals surface area (Å²) in [6.45, 7) is 0.163. The quantitative estimate of drug-likeness (QED) is 0.627. The van der Waals surface area contributed by atoms with Crippen LogP contribution in [0.1, 0.15) is 16.7 Å². The molecule has 0 saturated carbocycles. The van der Waals surface area contributed by atoms with Crippen LogP contribution in [0.5, 0.6) is 0 Å². The van der Waals surface area contributed by atoms with Crippen molar-refractivity contribution in [3.05, 3.63) is 65.2 Å². The molecule has 0 fully saturated rings. The van der Waals surface area contributed by atoms with Gasteiger partial charge in [-0.1, -0.05) is 30.3 Å². The van der Waals surface area contributed by atoms with Crippen LogP contribution in [0.3, 0.4) is 0 Å². The molecule has 118 valence electrons. The normalized spacial score (nSPS) is 14.4. The first kappa shape index (κ1) is 15.2. The highest BCUT2D eigenvalue weighted by Gasteiger charge is 2.32. The van der Waals surface area contributed by atoms with Gasteiger partial charge in [0, 0.05) is 11.1 Å². The summed E-state index contributed by atoms with van der Waals surface area (Å²) in [7, 11) is 0. The van der Waals surface area contributed by atoms with E-state index in [1.165, 1.54) is 6.07 Å². The van der Waals surface area contributed by atoms with Gasteiger partial charge in [0.25, 0.3) is 0 Å². The summed E-state index contributed by atoms with van der Waals surface area (Å²) in [5.74, 6) is 5.77. The van der Waals surface area contributed by atoms with Crippen molar-refractivity contribution in [3.63, 3.8) is 0 Å². The van der Waals surface area contributed by atoms with Crippen LogP contribution >= 0.6 is 0 Å². The molecule has 0 aromatic heterocycles. The van der Waals surface area contributed by atoms with E-state index in [1.54, 1.807) is 24.3 Å². The molecule has 0 atom stereocenters. The zero-order chi connectivity index (χ0) is 16.4. The molecule has 0 bridgehead atoms. The number of fused-ring (bicyclic) bond motifs is 1. The maximum atomic E-state index is 13.0. The Morgan fingerprint density at radius 3 is 2.43 bits per heavy atom. The van der Waals surface area contributed by atoms with Crippen LogP contribution in [0.15, 0.2) is 58.5 Å². The fourth-order valence-electron chi connectivity index (χ4n) is 2.34. The molecule has 23 heavy (non-hydrogen) atoms. The molecule has 2 aromatic rings. The van der Waals surface area contributed by atoms with Crippen molar-refractivity contribution in [3.8, 4) is 0 Å². The van der Waals surface area contributed by atoms with Gasteiger partial charge in [-0.2, -0.15) is 13.2 Å². The van der Waals surface area contributed by atoms with E-state index in [1.807, 2.05) is 6.07 Å². The SMILES string of the molecule is NNC1=Nc2ccc(C(F)(F)F)cc2C(c2ccccc2)=NC1. The van der Waals surface area contributed by atoms with Crippen molar-refractivity contribution in [2.24, 2.45) is 15.8 Å². The number of hydrogen-bond acceptors (Lipinski definition) is 4. The first-order valence-electron chi connectivity index (χ1n) is 6.84. The van der Waals surface area contributed by atoms with Gasteiger partial charge in [0.1, 0.15) is 5.84 Å². The number of nitrogens with one attached hydrogen (secondary N) is 1. The van der Waals surface area contributed by atoms with Gasteiger partial charge in [-0.25, -0.2) is 10.8 Å². The first-order valence-corrected chi connectivity index (χ1v) is 6.84. The molecule has 1 heterocycles. The van der Waals surface area contributed by atoms with Crippen LogP contribution in [-0.2, 0) is 6.18 Å². The number of benzene rings is 2. The zero-order valence-electron chi connectivity index (χ0n) is 11.9. The molecule has 0 spiro atoms. The summed E-state index contributed by atoms with van der Waals surface area (Å²) >= 11 is 0. The predicted molar refractivity (Wildman–Crippen MR) is 82.8 cm³/mol. The largest absolute Gasteiger partial charge is 0.416 e. The lowest BCUT2D eigenvalue weighted by molar-refractivity contribution is -0.137. The fourth-order valence-corrected chi connectivity index (χ4v) is 2.34. The average molecular weight is 318 g/mol.